The van der Waals surface area contributed by atoms with Gasteiger partial charge in [-0.05, 0) is 54.4 Å². The molecule has 0 aliphatic rings. The lowest BCUT2D eigenvalue weighted by Crippen LogP contribution is -2.34. The lowest BCUT2D eigenvalue weighted by Gasteiger charge is -2.15. The number of carbonyl (C=O) groups is 1. The van der Waals surface area contributed by atoms with Gasteiger partial charge < -0.3 is 10.1 Å². The number of anilines is 1. The molecule has 0 spiro atoms. The Morgan fingerprint density at radius 2 is 1.92 bits per heavy atom. The molecule has 2 aromatic rings. The largest absolute Gasteiger partial charge is 0.494 e. The van der Waals surface area contributed by atoms with Crippen LogP contribution in [-0.4, -0.2) is 17.6 Å². The number of para-hydroxylation sites is 1. The second kappa shape index (κ2) is 9.18. The number of ether oxygens (including phenoxy) is 1. The van der Waals surface area contributed by atoms with Gasteiger partial charge in [-0.1, -0.05) is 45.0 Å². The van der Waals surface area contributed by atoms with E-state index in [1.807, 2.05) is 37.3 Å². The standard InChI is InChI=1S/C20H24N2O2S/c1-4-12-24-16-9-7-8-15(13-16)19(23)22-20(25)21-18-11-6-5-10-17(18)14(2)3/h5-11,13-14H,4,12H2,1-3H3,(H2,21,22,23,25). The van der Waals surface area contributed by atoms with Gasteiger partial charge in [-0.25, -0.2) is 0 Å². The summed E-state index contributed by atoms with van der Waals surface area (Å²) in [6.07, 6.45) is 0.916. The highest BCUT2D eigenvalue weighted by Crippen LogP contribution is 2.23. The molecular formula is C20H24N2O2S. The van der Waals surface area contributed by atoms with Gasteiger partial charge in [0, 0.05) is 11.3 Å². The predicted molar refractivity (Wildman–Crippen MR) is 106 cm³/mol. The minimum atomic E-state index is -0.263. The summed E-state index contributed by atoms with van der Waals surface area (Å²) in [5.41, 5.74) is 2.56. The number of hydrogen-bond donors (Lipinski definition) is 2. The van der Waals surface area contributed by atoms with Crippen molar-refractivity contribution in [2.45, 2.75) is 33.1 Å². The Hall–Kier alpha value is -2.40. The van der Waals surface area contributed by atoms with Gasteiger partial charge in [0.25, 0.3) is 5.91 Å². The Morgan fingerprint density at radius 1 is 1.16 bits per heavy atom. The van der Waals surface area contributed by atoms with E-state index in [-0.39, 0.29) is 11.0 Å². The molecule has 2 rings (SSSR count). The molecule has 0 unspecified atom stereocenters. The third kappa shape index (κ3) is 5.57. The molecule has 0 saturated carbocycles. The zero-order valence-corrected chi connectivity index (χ0v) is 15.7. The Balaban J connectivity index is 2.02. The minimum absolute atomic E-state index is 0.263. The second-order valence-corrected chi connectivity index (χ2v) is 6.43. The summed E-state index contributed by atoms with van der Waals surface area (Å²) >= 11 is 5.29. The van der Waals surface area contributed by atoms with E-state index in [1.54, 1.807) is 18.2 Å². The molecule has 0 radical (unpaired) electrons. The smallest absolute Gasteiger partial charge is 0.257 e. The number of rotatable bonds is 6. The Bertz CT molecular complexity index is 744. The van der Waals surface area contributed by atoms with Crippen molar-refractivity contribution < 1.29 is 9.53 Å². The Morgan fingerprint density at radius 3 is 2.64 bits per heavy atom. The molecule has 0 bridgehead atoms. The van der Waals surface area contributed by atoms with Crippen LogP contribution in [0.2, 0.25) is 0 Å². The normalized spacial score (nSPS) is 10.4. The first-order valence-electron chi connectivity index (χ1n) is 8.45. The van der Waals surface area contributed by atoms with Gasteiger partial charge in [-0.3, -0.25) is 10.1 Å². The van der Waals surface area contributed by atoms with E-state index in [9.17, 15) is 4.79 Å². The van der Waals surface area contributed by atoms with E-state index in [0.29, 0.717) is 23.8 Å². The average molecular weight is 356 g/mol. The number of benzene rings is 2. The molecule has 0 aliphatic carbocycles. The van der Waals surface area contributed by atoms with Crippen molar-refractivity contribution >= 4 is 28.9 Å². The molecule has 0 saturated heterocycles. The van der Waals surface area contributed by atoms with Crippen LogP contribution in [0.3, 0.4) is 0 Å². The predicted octanol–water partition coefficient (Wildman–Crippen LogP) is 4.73. The molecule has 0 heterocycles. The van der Waals surface area contributed by atoms with E-state index in [2.05, 4.69) is 24.5 Å². The maximum absolute atomic E-state index is 12.4. The first-order chi connectivity index (χ1) is 12.0. The number of hydrogen-bond acceptors (Lipinski definition) is 3. The molecule has 25 heavy (non-hydrogen) atoms. The van der Waals surface area contributed by atoms with Crippen LogP contribution in [0.4, 0.5) is 5.69 Å². The zero-order chi connectivity index (χ0) is 18.2. The molecule has 0 fully saturated rings. The summed E-state index contributed by atoms with van der Waals surface area (Å²) in [7, 11) is 0. The van der Waals surface area contributed by atoms with Gasteiger partial charge in [-0.15, -0.1) is 0 Å². The maximum atomic E-state index is 12.4. The van der Waals surface area contributed by atoms with Gasteiger partial charge in [0.1, 0.15) is 5.75 Å². The van der Waals surface area contributed by atoms with Crippen LogP contribution < -0.4 is 15.4 Å². The number of nitrogens with one attached hydrogen (secondary N) is 2. The van der Waals surface area contributed by atoms with Gasteiger partial charge in [0.15, 0.2) is 5.11 Å². The van der Waals surface area contributed by atoms with Crippen LogP contribution in [0.5, 0.6) is 5.75 Å². The quantitative estimate of drug-likeness (QED) is 0.735. The molecular weight excluding hydrogens is 332 g/mol. The molecule has 4 nitrogen and oxygen atoms in total. The molecule has 5 heteroatoms. The van der Waals surface area contributed by atoms with Gasteiger partial charge >= 0.3 is 0 Å². The van der Waals surface area contributed by atoms with E-state index >= 15 is 0 Å². The van der Waals surface area contributed by atoms with E-state index in [4.69, 9.17) is 17.0 Å². The van der Waals surface area contributed by atoms with Crippen LogP contribution >= 0.6 is 12.2 Å². The molecule has 2 aromatic carbocycles. The fraction of sp³-hybridized carbons (Fsp3) is 0.300. The van der Waals surface area contributed by atoms with Crippen molar-refractivity contribution in [1.29, 1.82) is 0 Å². The molecule has 0 atom stereocenters. The lowest BCUT2D eigenvalue weighted by atomic mass is 10.0. The van der Waals surface area contributed by atoms with Crippen LogP contribution in [0, 0.1) is 0 Å². The monoisotopic (exact) mass is 356 g/mol. The van der Waals surface area contributed by atoms with Crippen LogP contribution in [0.1, 0.15) is 49.0 Å². The molecule has 132 valence electrons. The molecule has 2 N–H and O–H groups in total. The summed E-state index contributed by atoms with van der Waals surface area (Å²) in [4.78, 5) is 12.4. The van der Waals surface area contributed by atoms with E-state index in [0.717, 1.165) is 17.7 Å². The van der Waals surface area contributed by atoms with Gasteiger partial charge in [0.2, 0.25) is 0 Å². The van der Waals surface area contributed by atoms with Crippen molar-refractivity contribution in [1.82, 2.24) is 5.32 Å². The van der Waals surface area contributed by atoms with E-state index in [1.165, 1.54) is 0 Å². The molecule has 0 aromatic heterocycles. The topological polar surface area (TPSA) is 50.4 Å². The number of carbonyl (C=O) groups excluding carboxylic acids is 1. The summed E-state index contributed by atoms with van der Waals surface area (Å²) in [6.45, 7) is 6.89. The number of amides is 1. The first kappa shape index (κ1) is 18.9. The highest BCUT2D eigenvalue weighted by atomic mass is 32.1. The van der Waals surface area contributed by atoms with Crippen LogP contribution in [0.15, 0.2) is 48.5 Å². The van der Waals surface area contributed by atoms with Crippen molar-refractivity contribution in [2.24, 2.45) is 0 Å². The van der Waals surface area contributed by atoms with Gasteiger partial charge in [0.05, 0.1) is 6.61 Å². The average Bonchev–Trinajstić information content (AvgIpc) is 2.60. The second-order valence-electron chi connectivity index (χ2n) is 6.03. The van der Waals surface area contributed by atoms with E-state index < -0.39 is 0 Å². The number of thiocarbonyl (C=S) groups is 1. The SMILES string of the molecule is CCCOc1cccc(C(=O)NC(=S)Nc2ccccc2C(C)C)c1. The molecule has 1 amide bonds. The highest BCUT2D eigenvalue weighted by Gasteiger charge is 2.11. The van der Waals surface area contributed by atoms with Crippen molar-refractivity contribution in [3.05, 3.63) is 59.7 Å². The Labute approximate surface area is 154 Å². The van der Waals surface area contributed by atoms with Crippen molar-refractivity contribution in [2.75, 3.05) is 11.9 Å². The maximum Gasteiger partial charge on any atom is 0.257 e. The third-order valence-electron chi connectivity index (χ3n) is 3.63. The summed E-state index contributed by atoms with van der Waals surface area (Å²) < 4.78 is 5.56. The molecule has 0 aliphatic heterocycles. The summed E-state index contributed by atoms with van der Waals surface area (Å²) in [6, 6.07) is 15.0. The summed E-state index contributed by atoms with van der Waals surface area (Å²) in [5.74, 6) is 0.773. The Kier molecular flexibility index (Phi) is 6.95. The minimum Gasteiger partial charge on any atom is -0.494 e. The summed E-state index contributed by atoms with van der Waals surface area (Å²) in [5, 5.41) is 6.11. The fourth-order valence-electron chi connectivity index (χ4n) is 2.39. The lowest BCUT2D eigenvalue weighted by molar-refractivity contribution is 0.0977. The van der Waals surface area contributed by atoms with Crippen molar-refractivity contribution in [3.8, 4) is 5.75 Å². The third-order valence-corrected chi connectivity index (χ3v) is 3.83. The van der Waals surface area contributed by atoms with Crippen LogP contribution in [-0.2, 0) is 0 Å². The first-order valence-corrected chi connectivity index (χ1v) is 8.86. The van der Waals surface area contributed by atoms with Crippen molar-refractivity contribution in [3.63, 3.8) is 0 Å². The van der Waals surface area contributed by atoms with Crippen LogP contribution in [0.25, 0.3) is 0 Å². The zero-order valence-electron chi connectivity index (χ0n) is 14.8. The van der Waals surface area contributed by atoms with Gasteiger partial charge in [-0.2, -0.15) is 0 Å². The fourth-order valence-corrected chi connectivity index (χ4v) is 2.59. The highest BCUT2D eigenvalue weighted by molar-refractivity contribution is 7.80.